The number of carbonyl (C=O) groups is 1. The van der Waals surface area contributed by atoms with Crippen LogP contribution in [0.2, 0.25) is 0 Å². The lowest BCUT2D eigenvalue weighted by molar-refractivity contribution is 0.0881. The van der Waals surface area contributed by atoms with Crippen LogP contribution in [0.4, 0.5) is 0 Å². The Kier molecular flexibility index (Phi) is 6.90. The molecule has 1 saturated heterocycles. The highest BCUT2D eigenvalue weighted by molar-refractivity contribution is 5.99. The van der Waals surface area contributed by atoms with E-state index >= 15 is 0 Å². The highest BCUT2D eigenvalue weighted by Crippen LogP contribution is 2.28. The van der Waals surface area contributed by atoms with E-state index in [2.05, 4.69) is 34.3 Å². The second-order valence-electron chi connectivity index (χ2n) is 7.01. The highest BCUT2D eigenvalue weighted by Gasteiger charge is 2.25. The van der Waals surface area contributed by atoms with Crippen molar-refractivity contribution in [2.75, 3.05) is 54.0 Å². The van der Waals surface area contributed by atoms with E-state index in [9.17, 15) is 4.79 Å². The van der Waals surface area contributed by atoms with Crippen LogP contribution < -0.4 is 14.8 Å². The van der Waals surface area contributed by atoms with Gasteiger partial charge in [0.05, 0.1) is 20.3 Å². The zero-order valence-corrected chi connectivity index (χ0v) is 16.9. The Hall–Kier alpha value is -2.57. The quantitative estimate of drug-likeness (QED) is 0.796. The van der Waals surface area contributed by atoms with Gasteiger partial charge in [-0.2, -0.15) is 0 Å². The van der Waals surface area contributed by atoms with E-state index in [0.717, 1.165) is 26.2 Å². The molecule has 0 saturated carbocycles. The minimum Gasteiger partial charge on any atom is -0.496 e. The molecule has 0 bridgehead atoms. The SMILES string of the molecule is COc1cccc(OC)c1C(=O)NCC(c1ccccc1)N1CCN(C)CC1. The van der Waals surface area contributed by atoms with Gasteiger partial charge in [-0.15, -0.1) is 0 Å². The number of likely N-dealkylation sites (N-methyl/N-ethyl adjacent to an activating group) is 1. The standard InChI is InChI=1S/C22H29N3O3/c1-24-12-14-25(15-13-24)18(17-8-5-4-6-9-17)16-23-22(26)21-19(27-2)10-7-11-20(21)28-3/h4-11,18H,12-16H2,1-3H3,(H,23,26). The van der Waals surface area contributed by atoms with Crippen molar-refractivity contribution in [2.24, 2.45) is 0 Å². The maximum atomic E-state index is 13.0. The molecule has 1 amide bonds. The van der Waals surface area contributed by atoms with Crippen molar-refractivity contribution in [3.05, 3.63) is 59.7 Å². The van der Waals surface area contributed by atoms with Gasteiger partial charge in [0.25, 0.3) is 5.91 Å². The zero-order chi connectivity index (χ0) is 19.9. The summed E-state index contributed by atoms with van der Waals surface area (Å²) in [6.45, 7) is 4.52. The summed E-state index contributed by atoms with van der Waals surface area (Å²) in [7, 11) is 5.26. The van der Waals surface area contributed by atoms with Gasteiger partial charge in [-0.3, -0.25) is 9.69 Å². The number of nitrogens with one attached hydrogen (secondary N) is 1. The molecule has 6 heteroatoms. The molecule has 1 N–H and O–H groups in total. The molecule has 28 heavy (non-hydrogen) atoms. The first-order chi connectivity index (χ1) is 13.6. The molecule has 2 aromatic rings. The van der Waals surface area contributed by atoms with E-state index in [-0.39, 0.29) is 11.9 Å². The summed E-state index contributed by atoms with van der Waals surface area (Å²) in [4.78, 5) is 17.7. The summed E-state index contributed by atoms with van der Waals surface area (Å²) < 4.78 is 10.7. The van der Waals surface area contributed by atoms with Crippen LogP contribution in [0.3, 0.4) is 0 Å². The van der Waals surface area contributed by atoms with Crippen LogP contribution in [-0.4, -0.2) is 69.7 Å². The first-order valence-corrected chi connectivity index (χ1v) is 9.60. The summed E-state index contributed by atoms with van der Waals surface area (Å²) >= 11 is 0. The van der Waals surface area contributed by atoms with Gasteiger partial charge in [0.15, 0.2) is 0 Å². The Morgan fingerprint density at radius 2 is 1.57 bits per heavy atom. The molecule has 0 aromatic heterocycles. The highest BCUT2D eigenvalue weighted by atomic mass is 16.5. The molecule has 0 aliphatic carbocycles. The fourth-order valence-corrected chi connectivity index (χ4v) is 3.62. The van der Waals surface area contributed by atoms with Gasteiger partial charge < -0.3 is 19.7 Å². The number of rotatable bonds is 7. The monoisotopic (exact) mass is 383 g/mol. The summed E-state index contributed by atoms with van der Waals surface area (Å²) in [5, 5.41) is 3.10. The molecular formula is C22H29N3O3. The minimum atomic E-state index is -0.190. The van der Waals surface area contributed by atoms with E-state index in [1.54, 1.807) is 26.4 Å². The largest absolute Gasteiger partial charge is 0.496 e. The molecule has 1 fully saturated rings. The molecule has 1 unspecified atom stereocenters. The number of carbonyl (C=O) groups excluding carboxylic acids is 1. The predicted molar refractivity (Wildman–Crippen MR) is 110 cm³/mol. The minimum absolute atomic E-state index is 0.125. The van der Waals surface area contributed by atoms with Crippen LogP contribution in [0.25, 0.3) is 0 Å². The Morgan fingerprint density at radius 1 is 0.964 bits per heavy atom. The lowest BCUT2D eigenvalue weighted by Gasteiger charge is -2.38. The third-order valence-corrected chi connectivity index (χ3v) is 5.27. The van der Waals surface area contributed by atoms with Crippen molar-refractivity contribution < 1.29 is 14.3 Å². The maximum absolute atomic E-state index is 13.0. The van der Waals surface area contributed by atoms with Crippen LogP contribution in [0.5, 0.6) is 11.5 Å². The average Bonchev–Trinajstić information content (AvgIpc) is 2.75. The number of benzene rings is 2. The van der Waals surface area contributed by atoms with Gasteiger partial charge in [-0.25, -0.2) is 0 Å². The molecule has 2 aromatic carbocycles. The number of ether oxygens (including phenoxy) is 2. The van der Waals surface area contributed by atoms with Gasteiger partial charge in [-0.1, -0.05) is 36.4 Å². The van der Waals surface area contributed by atoms with Gasteiger partial charge in [-0.05, 0) is 24.7 Å². The van der Waals surface area contributed by atoms with Crippen molar-refractivity contribution >= 4 is 5.91 Å². The number of amides is 1. The van der Waals surface area contributed by atoms with E-state index in [1.807, 2.05) is 24.3 Å². The van der Waals surface area contributed by atoms with Gasteiger partial charge in [0, 0.05) is 32.7 Å². The smallest absolute Gasteiger partial charge is 0.258 e. The Labute approximate surface area is 167 Å². The predicted octanol–water partition coefficient (Wildman–Crippen LogP) is 2.42. The number of methoxy groups -OCH3 is 2. The van der Waals surface area contributed by atoms with Crippen molar-refractivity contribution in [3.8, 4) is 11.5 Å². The number of piperazine rings is 1. The number of hydrogen-bond acceptors (Lipinski definition) is 5. The molecular weight excluding hydrogens is 354 g/mol. The fraction of sp³-hybridized carbons (Fsp3) is 0.409. The molecule has 0 spiro atoms. The first kappa shape index (κ1) is 20.2. The average molecular weight is 383 g/mol. The van der Waals surface area contributed by atoms with Crippen molar-refractivity contribution in [2.45, 2.75) is 6.04 Å². The van der Waals surface area contributed by atoms with Gasteiger partial charge in [0.1, 0.15) is 17.1 Å². The van der Waals surface area contributed by atoms with Crippen LogP contribution in [0.1, 0.15) is 22.0 Å². The van der Waals surface area contributed by atoms with Crippen molar-refractivity contribution in [3.63, 3.8) is 0 Å². The lowest BCUT2D eigenvalue weighted by Crippen LogP contribution is -2.48. The van der Waals surface area contributed by atoms with E-state index < -0.39 is 0 Å². The number of hydrogen-bond donors (Lipinski definition) is 1. The summed E-state index contributed by atoms with van der Waals surface area (Å²) in [6, 6.07) is 15.8. The fourth-order valence-electron chi connectivity index (χ4n) is 3.62. The van der Waals surface area contributed by atoms with Crippen LogP contribution in [0, 0.1) is 0 Å². The normalized spacial score (nSPS) is 16.4. The molecule has 1 aliphatic heterocycles. The van der Waals surface area contributed by atoms with Gasteiger partial charge >= 0.3 is 0 Å². The number of nitrogens with zero attached hydrogens (tertiary/aromatic N) is 2. The Bertz CT molecular complexity index is 752. The molecule has 1 heterocycles. The second-order valence-corrected chi connectivity index (χ2v) is 7.01. The van der Waals surface area contributed by atoms with E-state index in [1.165, 1.54) is 5.56 Å². The maximum Gasteiger partial charge on any atom is 0.258 e. The molecule has 1 aliphatic rings. The van der Waals surface area contributed by atoms with Gasteiger partial charge in [0.2, 0.25) is 0 Å². The molecule has 3 rings (SSSR count). The third kappa shape index (κ3) is 4.64. The Balaban J connectivity index is 1.78. The van der Waals surface area contributed by atoms with Crippen LogP contribution in [-0.2, 0) is 0 Å². The summed E-state index contributed by atoms with van der Waals surface area (Å²) in [6.07, 6.45) is 0. The molecule has 1 atom stereocenters. The van der Waals surface area contributed by atoms with Crippen LogP contribution >= 0.6 is 0 Å². The summed E-state index contributed by atoms with van der Waals surface area (Å²) in [5.74, 6) is 0.824. The Morgan fingerprint density at radius 3 is 2.14 bits per heavy atom. The zero-order valence-electron chi connectivity index (χ0n) is 16.9. The molecule has 0 radical (unpaired) electrons. The van der Waals surface area contributed by atoms with Crippen molar-refractivity contribution in [1.29, 1.82) is 0 Å². The third-order valence-electron chi connectivity index (χ3n) is 5.27. The van der Waals surface area contributed by atoms with E-state index in [4.69, 9.17) is 9.47 Å². The second kappa shape index (κ2) is 9.57. The molecule has 150 valence electrons. The topological polar surface area (TPSA) is 54.0 Å². The molecule has 6 nitrogen and oxygen atoms in total. The van der Waals surface area contributed by atoms with Crippen molar-refractivity contribution in [1.82, 2.24) is 15.1 Å². The lowest BCUT2D eigenvalue weighted by atomic mass is 10.0. The van der Waals surface area contributed by atoms with Crippen LogP contribution in [0.15, 0.2) is 48.5 Å². The first-order valence-electron chi connectivity index (χ1n) is 9.60. The summed E-state index contributed by atoms with van der Waals surface area (Å²) in [5.41, 5.74) is 1.64. The van der Waals surface area contributed by atoms with E-state index in [0.29, 0.717) is 23.6 Å².